The molecule has 0 radical (unpaired) electrons. The molecule has 0 aliphatic heterocycles. The molecule has 0 saturated heterocycles. The maximum atomic E-state index is 11.0. The van der Waals surface area contributed by atoms with Crippen molar-refractivity contribution in [2.24, 2.45) is 0 Å². The van der Waals surface area contributed by atoms with Crippen LogP contribution in [0, 0.1) is 0 Å². The molecule has 134 valence electrons. The first-order chi connectivity index (χ1) is 12.7. The fourth-order valence-corrected chi connectivity index (χ4v) is 4.99. The van der Waals surface area contributed by atoms with Crippen molar-refractivity contribution in [3.63, 3.8) is 0 Å². The molecule has 2 heterocycles. The molecule has 0 fully saturated rings. The van der Waals surface area contributed by atoms with E-state index < -0.39 is 5.97 Å². The van der Waals surface area contributed by atoms with Crippen LogP contribution >= 0.6 is 23.1 Å². The van der Waals surface area contributed by atoms with Crippen molar-refractivity contribution in [2.75, 3.05) is 11.6 Å². The number of hydrogen-bond acceptors (Lipinski definition) is 6. The highest BCUT2D eigenvalue weighted by Gasteiger charge is 2.21. The van der Waals surface area contributed by atoms with Gasteiger partial charge in [0.05, 0.1) is 10.9 Å². The van der Waals surface area contributed by atoms with Gasteiger partial charge >= 0.3 is 5.97 Å². The largest absolute Gasteiger partial charge is 0.478 e. The van der Waals surface area contributed by atoms with E-state index in [4.69, 9.17) is 15.1 Å². The molecule has 1 aliphatic carbocycles. The van der Waals surface area contributed by atoms with Gasteiger partial charge in [0.1, 0.15) is 10.6 Å². The van der Waals surface area contributed by atoms with Crippen molar-refractivity contribution >= 4 is 45.1 Å². The Morgan fingerprint density at radius 1 is 1.23 bits per heavy atom. The second-order valence-electron chi connectivity index (χ2n) is 6.31. The molecule has 2 N–H and O–H groups in total. The Labute approximate surface area is 159 Å². The molecule has 0 bridgehead atoms. The van der Waals surface area contributed by atoms with Crippen LogP contribution in [0.25, 0.3) is 10.2 Å². The minimum absolute atomic E-state index is 0.301. The molecule has 0 amide bonds. The molecule has 0 saturated carbocycles. The van der Waals surface area contributed by atoms with Gasteiger partial charge in [-0.1, -0.05) is 23.9 Å². The van der Waals surface area contributed by atoms with Crippen LogP contribution in [0.15, 0.2) is 29.4 Å². The Hall–Kier alpha value is -2.12. The summed E-state index contributed by atoms with van der Waals surface area (Å²) in [5, 5.41) is 14.4. The van der Waals surface area contributed by atoms with E-state index in [1.54, 1.807) is 35.2 Å². The number of fused-ring (bicyclic) bond motifs is 3. The first kappa shape index (κ1) is 17.3. The van der Waals surface area contributed by atoms with Crippen LogP contribution in [-0.4, -0.2) is 27.3 Å². The topological polar surface area (TPSA) is 75.1 Å². The fraction of sp³-hybridized carbons (Fsp3) is 0.316. The average Bonchev–Trinajstić information content (AvgIpc) is 3.04. The molecule has 4 rings (SSSR count). The standard InChI is InChI=1S/C19H19N3O2S2/c1-25-19-21-16(20-10-11-6-8-12(9-7-11)18(23)24)15-13-4-2-3-5-14(13)26-17(15)22-19/h6-9H,2-5,10H2,1H3,(H,23,24)(H,20,21,22). The van der Waals surface area contributed by atoms with Gasteiger partial charge in [-0.2, -0.15) is 0 Å². The highest BCUT2D eigenvalue weighted by Crippen LogP contribution is 2.39. The maximum absolute atomic E-state index is 11.0. The lowest BCUT2D eigenvalue weighted by atomic mass is 9.97. The predicted molar refractivity (Wildman–Crippen MR) is 107 cm³/mol. The summed E-state index contributed by atoms with van der Waals surface area (Å²) in [7, 11) is 0. The fourth-order valence-electron chi connectivity index (χ4n) is 3.31. The van der Waals surface area contributed by atoms with E-state index in [0.717, 1.165) is 34.2 Å². The van der Waals surface area contributed by atoms with Gasteiger partial charge in [0.2, 0.25) is 0 Å². The van der Waals surface area contributed by atoms with Gasteiger partial charge < -0.3 is 10.4 Å². The Kier molecular flexibility index (Phi) is 4.82. The number of carboxylic acid groups (broad SMARTS) is 1. The highest BCUT2D eigenvalue weighted by atomic mass is 32.2. The van der Waals surface area contributed by atoms with Crippen LogP contribution in [0.3, 0.4) is 0 Å². The van der Waals surface area contributed by atoms with E-state index in [1.165, 1.54) is 28.7 Å². The van der Waals surface area contributed by atoms with Crippen molar-refractivity contribution < 1.29 is 9.90 Å². The van der Waals surface area contributed by atoms with E-state index in [2.05, 4.69) is 5.32 Å². The molecule has 1 aromatic carbocycles. The van der Waals surface area contributed by atoms with E-state index >= 15 is 0 Å². The molecule has 0 atom stereocenters. The van der Waals surface area contributed by atoms with E-state index in [-0.39, 0.29) is 0 Å². The number of nitrogens with zero attached hydrogens (tertiary/aromatic N) is 2. The Morgan fingerprint density at radius 3 is 2.73 bits per heavy atom. The van der Waals surface area contributed by atoms with E-state index in [1.807, 2.05) is 18.4 Å². The van der Waals surface area contributed by atoms with Crippen molar-refractivity contribution in [1.29, 1.82) is 0 Å². The predicted octanol–water partition coefficient (Wildman–Crippen LogP) is 4.60. The number of anilines is 1. The SMILES string of the molecule is CSc1nc(NCc2ccc(C(=O)O)cc2)c2c3c(sc2n1)CCCC3. The summed E-state index contributed by atoms with van der Waals surface area (Å²) >= 11 is 3.35. The van der Waals surface area contributed by atoms with Gasteiger partial charge in [-0.3, -0.25) is 0 Å². The van der Waals surface area contributed by atoms with Crippen LogP contribution in [0.5, 0.6) is 0 Å². The minimum atomic E-state index is -0.906. The molecule has 3 aromatic rings. The zero-order valence-corrected chi connectivity index (χ0v) is 16.0. The number of carboxylic acids is 1. The van der Waals surface area contributed by atoms with Crippen LogP contribution in [0.2, 0.25) is 0 Å². The van der Waals surface area contributed by atoms with Crippen molar-refractivity contribution in [3.05, 3.63) is 45.8 Å². The number of aromatic carboxylic acids is 1. The number of rotatable bonds is 5. The summed E-state index contributed by atoms with van der Waals surface area (Å²) in [4.78, 5) is 22.9. The van der Waals surface area contributed by atoms with Gasteiger partial charge in [-0.15, -0.1) is 11.3 Å². The minimum Gasteiger partial charge on any atom is -0.478 e. The van der Waals surface area contributed by atoms with Gasteiger partial charge in [0.15, 0.2) is 5.16 Å². The Morgan fingerprint density at radius 2 is 2.00 bits per heavy atom. The van der Waals surface area contributed by atoms with Gasteiger partial charge in [-0.05, 0) is 55.2 Å². The summed E-state index contributed by atoms with van der Waals surface area (Å²) in [6.45, 7) is 0.602. The third-order valence-corrected chi connectivity index (χ3v) is 6.37. The number of nitrogens with one attached hydrogen (secondary N) is 1. The molecule has 2 aromatic heterocycles. The quantitative estimate of drug-likeness (QED) is 0.494. The smallest absolute Gasteiger partial charge is 0.335 e. The number of benzene rings is 1. The van der Waals surface area contributed by atoms with Gasteiger partial charge in [-0.25, -0.2) is 14.8 Å². The summed E-state index contributed by atoms with van der Waals surface area (Å²) in [6, 6.07) is 6.95. The van der Waals surface area contributed by atoms with Crippen LogP contribution in [0.1, 0.15) is 39.2 Å². The molecule has 26 heavy (non-hydrogen) atoms. The van der Waals surface area contributed by atoms with Gasteiger partial charge in [0, 0.05) is 11.4 Å². The Balaban J connectivity index is 1.66. The van der Waals surface area contributed by atoms with E-state index in [9.17, 15) is 4.79 Å². The van der Waals surface area contributed by atoms with Crippen LogP contribution < -0.4 is 5.32 Å². The number of aromatic nitrogens is 2. The lowest BCUT2D eigenvalue weighted by Gasteiger charge is -2.13. The average molecular weight is 386 g/mol. The summed E-state index contributed by atoms with van der Waals surface area (Å²) in [5.41, 5.74) is 2.74. The monoisotopic (exact) mass is 385 g/mol. The first-order valence-electron chi connectivity index (χ1n) is 8.58. The molecular formula is C19H19N3O2S2. The van der Waals surface area contributed by atoms with Gasteiger partial charge in [0.25, 0.3) is 0 Å². The molecule has 0 unspecified atom stereocenters. The number of thiophene rings is 1. The third kappa shape index (κ3) is 3.29. The number of aryl methyl sites for hydroxylation is 2. The zero-order valence-electron chi connectivity index (χ0n) is 14.4. The molecule has 1 aliphatic rings. The number of hydrogen-bond donors (Lipinski definition) is 2. The molecular weight excluding hydrogens is 366 g/mol. The second kappa shape index (κ2) is 7.25. The lowest BCUT2D eigenvalue weighted by Crippen LogP contribution is -2.06. The van der Waals surface area contributed by atoms with Crippen molar-refractivity contribution in [2.45, 2.75) is 37.4 Å². The lowest BCUT2D eigenvalue weighted by molar-refractivity contribution is 0.0697. The Bertz CT molecular complexity index is 967. The third-order valence-electron chi connectivity index (χ3n) is 4.64. The summed E-state index contributed by atoms with van der Waals surface area (Å²) < 4.78 is 0. The normalized spacial score (nSPS) is 13.6. The molecule has 7 heteroatoms. The molecule has 5 nitrogen and oxygen atoms in total. The number of thioether (sulfide) groups is 1. The maximum Gasteiger partial charge on any atom is 0.335 e. The summed E-state index contributed by atoms with van der Waals surface area (Å²) in [5.74, 6) is -0.0161. The second-order valence-corrected chi connectivity index (χ2v) is 8.16. The molecule has 0 spiro atoms. The van der Waals surface area contributed by atoms with Crippen LogP contribution in [-0.2, 0) is 19.4 Å². The van der Waals surface area contributed by atoms with Crippen LogP contribution in [0.4, 0.5) is 5.82 Å². The number of carbonyl (C=O) groups is 1. The zero-order chi connectivity index (χ0) is 18.1. The van der Waals surface area contributed by atoms with E-state index in [0.29, 0.717) is 12.1 Å². The summed E-state index contributed by atoms with van der Waals surface area (Å²) in [6.07, 6.45) is 6.70. The first-order valence-corrected chi connectivity index (χ1v) is 10.6. The van der Waals surface area contributed by atoms with Crippen molar-refractivity contribution in [3.8, 4) is 0 Å². The highest BCUT2D eigenvalue weighted by molar-refractivity contribution is 7.98. The van der Waals surface area contributed by atoms with Crippen molar-refractivity contribution in [1.82, 2.24) is 9.97 Å².